The molecule has 0 saturated heterocycles. The summed E-state index contributed by atoms with van der Waals surface area (Å²) in [5, 5.41) is 8.69. The molecule has 10 heteroatoms. The summed E-state index contributed by atoms with van der Waals surface area (Å²) in [6.07, 6.45) is 0.572. The molecule has 0 saturated carbocycles. The lowest BCUT2D eigenvalue weighted by Gasteiger charge is -2.21. The maximum absolute atomic E-state index is 13.5. The number of hydrogen-bond acceptors (Lipinski definition) is 5. The first-order valence-electron chi connectivity index (χ1n) is 9.18. The third kappa shape index (κ3) is 6.41. The number of nitrogens with zero attached hydrogens (tertiary/aromatic N) is 1. The lowest BCUT2D eigenvalue weighted by molar-refractivity contribution is -0.139. The monoisotopic (exact) mass is 459 g/mol. The van der Waals surface area contributed by atoms with Crippen LogP contribution in [0, 0.1) is 18.6 Å². The lowest BCUT2D eigenvalue weighted by atomic mass is 10.2. The summed E-state index contributed by atoms with van der Waals surface area (Å²) in [6, 6.07) is 7.82. The van der Waals surface area contributed by atoms with Crippen LogP contribution in [0.2, 0.25) is 0 Å². The summed E-state index contributed by atoms with van der Waals surface area (Å²) in [7, 11) is -3.95. The number of benzene rings is 2. The zero-order valence-electron chi connectivity index (χ0n) is 16.6. The van der Waals surface area contributed by atoms with Crippen LogP contribution in [0.5, 0.6) is 5.75 Å². The molecule has 0 aliphatic carbocycles. The molecule has 0 fully saturated rings. The van der Waals surface area contributed by atoms with Crippen molar-refractivity contribution in [3.05, 3.63) is 53.6 Å². The van der Waals surface area contributed by atoms with E-state index in [1.807, 2.05) is 13.0 Å². The van der Waals surface area contributed by atoms with Gasteiger partial charge >= 0.3 is 5.97 Å². The highest BCUT2D eigenvalue weighted by molar-refractivity contribution is 7.99. The van der Waals surface area contributed by atoms with Crippen molar-refractivity contribution in [3.8, 4) is 5.75 Å². The number of rotatable bonds is 11. The van der Waals surface area contributed by atoms with Gasteiger partial charge in [-0.25, -0.2) is 22.0 Å². The zero-order chi connectivity index (χ0) is 22.3. The van der Waals surface area contributed by atoms with Crippen molar-refractivity contribution in [1.29, 1.82) is 0 Å². The fourth-order valence-electron chi connectivity index (χ4n) is 2.67. The van der Waals surface area contributed by atoms with Gasteiger partial charge in [0.05, 0.1) is 4.90 Å². The molecule has 2 aromatic carbocycles. The van der Waals surface area contributed by atoms with Crippen LogP contribution in [-0.4, -0.2) is 49.2 Å². The van der Waals surface area contributed by atoms with Crippen molar-refractivity contribution < 1.29 is 31.8 Å². The van der Waals surface area contributed by atoms with E-state index < -0.39 is 34.2 Å². The van der Waals surface area contributed by atoms with Gasteiger partial charge in [-0.1, -0.05) is 6.92 Å². The fourth-order valence-corrected chi connectivity index (χ4v) is 5.30. The summed E-state index contributed by atoms with van der Waals surface area (Å²) in [4.78, 5) is 11.2. The van der Waals surface area contributed by atoms with E-state index in [-0.39, 0.29) is 18.0 Å². The molecule has 2 aromatic rings. The molecule has 0 heterocycles. The highest BCUT2D eigenvalue weighted by Gasteiger charge is 2.24. The SMILES string of the molecule is CCCN(CCSc1ccc(OCC(=O)O)c(C)c1)S(=O)(=O)c1ccc(F)c(F)c1. The zero-order valence-corrected chi connectivity index (χ0v) is 18.2. The van der Waals surface area contributed by atoms with Crippen LogP contribution >= 0.6 is 11.8 Å². The predicted octanol–water partition coefficient (Wildman–Crippen LogP) is 3.93. The van der Waals surface area contributed by atoms with Gasteiger partial charge < -0.3 is 9.84 Å². The Kier molecular flexibility index (Phi) is 8.63. The average Bonchev–Trinajstić information content (AvgIpc) is 2.68. The highest BCUT2D eigenvalue weighted by atomic mass is 32.2. The molecule has 164 valence electrons. The van der Waals surface area contributed by atoms with Crippen molar-refractivity contribution in [1.82, 2.24) is 4.31 Å². The first-order valence-corrected chi connectivity index (χ1v) is 11.6. The minimum atomic E-state index is -3.95. The Hall–Kier alpha value is -2.17. The number of sulfonamides is 1. The second-order valence-electron chi connectivity index (χ2n) is 6.44. The number of halogens is 2. The van der Waals surface area contributed by atoms with Crippen molar-refractivity contribution in [2.24, 2.45) is 0 Å². The number of aryl methyl sites for hydroxylation is 1. The van der Waals surface area contributed by atoms with Crippen molar-refractivity contribution in [3.63, 3.8) is 0 Å². The molecule has 0 amide bonds. The van der Waals surface area contributed by atoms with E-state index in [4.69, 9.17) is 9.84 Å². The summed E-state index contributed by atoms with van der Waals surface area (Å²) >= 11 is 1.43. The smallest absolute Gasteiger partial charge is 0.341 e. The van der Waals surface area contributed by atoms with Gasteiger partial charge in [0.25, 0.3) is 0 Å². The summed E-state index contributed by atoms with van der Waals surface area (Å²) < 4.78 is 58.7. The Labute approximate surface area is 178 Å². The molecule has 0 unspecified atom stereocenters. The Morgan fingerprint density at radius 3 is 2.47 bits per heavy atom. The van der Waals surface area contributed by atoms with Gasteiger partial charge in [0.2, 0.25) is 10.0 Å². The third-order valence-corrected chi connectivity index (χ3v) is 6.98. The molecule has 0 aliphatic heterocycles. The number of thioether (sulfide) groups is 1. The van der Waals surface area contributed by atoms with Gasteiger partial charge in [0.15, 0.2) is 18.2 Å². The highest BCUT2D eigenvalue weighted by Crippen LogP contribution is 2.26. The van der Waals surface area contributed by atoms with Crippen LogP contribution < -0.4 is 4.74 Å². The van der Waals surface area contributed by atoms with Crippen molar-refractivity contribution in [2.45, 2.75) is 30.1 Å². The molecule has 0 aromatic heterocycles. The van der Waals surface area contributed by atoms with Crippen LogP contribution in [0.1, 0.15) is 18.9 Å². The molecule has 30 heavy (non-hydrogen) atoms. The number of carbonyl (C=O) groups is 1. The maximum atomic E-state index is 13.5. The molecule has 0 aliphatic rings. The van der Waals surface area contributed by atoms with E-state index in [0.29, 0.717) is 24.0 Å². The van der Waals surface area contributed by atoms with Crippen LogP contribution in [0.15, 0.2) is 46.2 Å². The van der Waals surface area contributed by atoms with E-state index in [2.05, 4.69) is 0 Å². The third-order valence-electron chi connectivity index (χ3n) is 4.11. The molecule has 6 nitrogen and oxygen atoms in total. The summed E-state index contributed by atoms with van der Waals surface area (Å²) in [6.45, 7) is 3.64. The first kappa shape index (κ1) is 24.1. The van der Waals surface area contributed by atoms with Gasteiger partial charge in [-0.2, -0.15) is 4.31 Å². The second-order valence-corrected chi connectivity index (χ2v) is 9.54. The number of carboxylic acid groups (broad SMARTS) is 1. The normalized spacial score (nSPS) is 11.6. The van der Waals surface area contributed by atoms with Crippen LogP contribution in [0.25, 0.3) is 0 Å². The Morgan fingerprint density at radius 2 is 1.87 bits per heavy atom. The summed E-state index contributed by atoms with van der Waals surface area (Å²) in [5.74, 6) is -2.46. The predicted molar refractivity (Wildman–Crippen MR) is 110 cm³/mol. The standard InChI is InChI=1S/C20H23F2NO5S2/c1-3-8-23(30(26,27)16-5-6-17(21)18(22)12-16)9-10-29-15-4-7-19(14(2)11-15)28-13-20(24)25/h4-7,11-12H,3,8-10,13H2,1-2H3,(H,24,25). The van der Waals surface area contributed by atoms with Gasteiger partial charge in [0, 0.05) is 23.7 Å². The first-order chi connectivity index (χ1) is 14.1. The van der Waals surface area contributed by atoms with E-state index in [1.54, 1.807) is 19.1 Å². The van der Waals surface area contributed by atoms with E-state index >= 15 is 0 Å². The van der Waals surface area contributed by atoms with Gasteiger partial charge in [-0.15, -0.1) is 11.8 Å². The lowest BCUT2D eigenvalue weighted by Crippen LogP contribution is -2.33. The minimum absolute atomic E-state index is 0.191. The Morgan fingerprint density at radius 1 is 1.13 bits per heavy atom. The number of ether oxygens (including phenoxy) is 1. The largest absolute Gasteiger partial charge is 0.482 e. The molecule has 1 N–H and O–H groups in total. The molecule has 0 bridgehead atoms. The van der Waals surface area contributed by atoms with Gasteiger partial charge in [-0.3, -0.25) is 0 Å². The van der Waals surface area contributed by atoms with Crippen LogP contribution in [0.4, 0.5) is 8.78 Å². The number of carboxylic acids is 1. The van der Waals surface area contributed by atoms with Crippen molar-refractivity contribution >= 4 is 27.8 Å². The average molecular weight is 460 g/mol. The van der Waals surface area contributed by atoms with Crippen LogP contribution in [-0.2, 0) is 14.8 Å². The Balaban J connectivity index is 2.05. The molecule has 2 rings (SSSR count). The molecular formula is C20H23F2NO5S2. The molecule has 0 radical (unpaired) electrons. The van der Waals surface area contributed by atoms with Gasteiger partial charge in [-0.05, 0) is 55.3 Å². The molecular weight excluding hydrogens is 436 g/mol. The van der Waals surface area contributed by atoms with E-state index in [0.717, 1.165) is 22.6 Å². The topological polar surface area (TPSA) is 83.9 Å². The number of hydrogen-bond donors (Lipinski definition) is 1. The quantitative estimate of drug-likeness (QED) is 0.513. The van der Waals surface area contributed by atoms with E-state index in [9.17, 15) is 22.0 Å². The van der Waals surface area contributed by atoms with E-state index in [1.165, 1.54) is 16.1 Å². The molecule has 0 atom stereocenters. The summed E-state index contributed by atoms with van der Waals surface area (Å²) in [5.41, 5.74) is 0.765. The van der Waals surface area contributed by atoms with Crippen molar-refractivity contribution in [2.75, 3.05) is 25.4 Å². The maximum Gasteiger partial charge on any atom is 0.341 e. The van der Waals surface area contributed by atoms with Gasteiger partial charge in [0.1, 0.15) is 5.75 Å². The fraction of sp³-hybridized carbons (Fsp3) is 0.350. The second kappa shape index (κ2) is 10.7. The van der Waals surface area contributed by atoms with Crippen LogP contribution in [0.3, 0.4) is 0 Å². The minimum Gasteiger partial charge on any atom is -0.482 e. The Bertz CT molecular complexity index is 999. The molecule has 0 spiro atoms. The number of aliphatic carboxylic acids is 1.